The molecule has 0 spiro atoms. The summed E-state index contributed by atoms with van der Waals surface area (Å²) in [6, 6.07) is 9.04. The first kappa shape index (κ1) is 22.6. The number of nitrogens with one attached hydrogen (secondary N) is 2. The molecule has 2 N–H and O–H groups in total. The molecule has 0 saturated heterocycles. The van der Waals surface area contributed by atoms with E-state index < -0.39 is 21.8 Å². The van der Waals surface area contributed by atoms with Gasteiger partial charge in [0, 0.05) is 24.2 Å². The van der Waals surface area contributed by atoms with Crippen LogP contribution < -0.4 is 20.3 Å². The number of aryl methyl sites for hydroxylation is 1. The van der Waals surface area contributed by atoms with E-state index in [4.69, 9.17) is 9.47 Å². The number of benzene rings is 2. The van der Waals surface area contributed by atoms with Gasteiger partial charge in [0.15, 0.2) is 11.5 Å². The predicted octanol–water partition coefficient (Wildman–Crippen LogP) is 1.87. The van der Waals surface area contributed by atoms with Crippen molar-refractivity contribution >= 4 is 21.8 Å². The van der Waals surface area contributed by atoms with Crippen LogP contribution in [0.4, 0.5) is 0 Å². The van der Waals surface area contributed by atoms with Crippen LogP contribution in [0.5, 0.6) is 11.5 Å². The van der Waals surface area contributed by atoms with Crippen molar-refractivity contribution in [2.24, 2.45) is 0 Å². The average Bonchev–Trinajstić information content (AvgIpc) is 2.77. The number of sulfonamides is 1. The summed E-state index contributed by atoms with van der Waals surface area (Å²) in [5, 5.41) is 0. The SMILES string of the molecule is CCN(CC)S(=O)(=O)c1ccc(C)c(C(=O)NNC(=O)c2ccc3c(c2)OCCO3)c1. The molecule has 0 bridgehead atoms. The summed E-state index contributed by atoms with van der Waals surface area (Å²) >= 11 is 0. The lowest BCUT2D eigenvalue weighted by atomic mass is 10.1. The minimum absolute atomic E-state index is 0.0186. The van der Waals surface area contributed by atoms with Crippen molar-refractivity contribution in [3.05, 3.63) is 53.1 Å². The van der Waals surface area contributed by atoms with Crippen LogP contribution in [0, 0.1) is 6.92 Å². The molecular weight excluding hydrogens is 422 g/mol. The summed E-state index contributed by atoms with van der Waals surface area (Å²) in [6.07, 6.45) is 0. The Labute approximate surface area is 181 Å². The minimum Gasteiger partial charge on any atom is -0.486 e. The van der Waals surface area contributed by atoms with E-state index in [0.29, 0.717) is 43.4 Å². The molecule has 1 heterocycles. The highest BCUT2D eigenvalue weighted by Crippen LogP contribution is 2.30. The molecule has 2 aromatic rings. The smallest absolute Gasteiger partial charge is 0.270 e. The molecule has 3 rings (SSSR count). The summed E-state index contributed by atoms with van der Waals surface area (Å²) in [5.74, 6) is -0.168. The highest BCUT2D eigenvalue weighted by Gasteiger charge is 2.24. The van der Waals surface area contributed by atoms with Crippen molar-refractivity contribution in [3.8, 4) is 11.5 Å². The summed E-state index contributed by atoms with van der Waals surface area (Å²) in [7, 11) is -3.72. The van der Waals surface area contributed by atoms with Crippen LogP contribution in [0.15, 0.2) is 41.3 Å². The van der Waals surface area contributed by atoms with E-state index in [1.54, 1.807) is 39.0 Å². The second-order valence-electron chi connectivity index (χ2n) is 6.83. The Bertz CT molecular complexity index is 1100. The third-order valence-corrected chi connectivity index (χ3v) is 6.94. The van der Waals surface area contributed by atoms with Gasteiger partial charge in [-0.1, -0.05) is 19.9 Å². The first-order chi connectivity index (χ1) is 14.8. The Hall–Kier alpha value is -3.11. The van der Waals surface area contributed by atoms with E-state index in [0.717, 1.165) is 0 Å². The van der Waals surface area contributed by atoms with Gasteiger partial charge in [-0.25, -0.2) is 8.42 Å². The summed E-state index contributed by atoms with van der Waals surface area (Å²) < 4.78 is 37.7. The van der Waals surface area contributed by atoms with E-state index in [-0.39, 0.29) is 16.0 Å². The highest BCUT2D eigenvalue weighted by atomic mass is 32.2. The van der Waals surface area contributed by atoms with Gasteiger partial charge in [-0.15, -0.1) is 0 Å². The van der Waals surface area contributed by atoms with Gasteiger partial charge in [0.05, 0.1) is 4.90 Å². The Kier molecular flexibility index (Phi) is 6.81. The Balaban J connectivity index is 1.74. The molecule has 0 saturated carbocycles. The number of ether oxygens (including phenoxy) is 2. The molecule has 1 aliphatic heterocycles. The van der Waals surface area contributed by atoms with E-state index in [1.165, 1.54) is 22.5 Å². The van der Waals surface area contributed by atoms with Gasteiger partial charge >= 0.3 is 0 Å². The lowest BCUT2D eigenvalue weighted by Crippen LogP contribution is -2.42. The van der Waals surface area contributed by atoms with Crippen LogP contribution in [0.1, 0.15) is 40.1 Å². The zero-order chi connectivity index (χ0) is 22.6. The first-order valence-electron chi connectivity index (χ1n) is 9.89. The standard InChI is InChI=1S/C21H25N3O6S/c1-4-24(5-2)31(27,28)16-8-6-14(3)17(13-16)21(26)23-22-20(25)15-7-9-18-19(12-15)30-11-10-29-18/h6-9,12-13H,4-5,10-11H2,1-3H3,(H,22,25)(H,23,26). The Morgan fingerprint density at radius 2 is 1.58 bits per heavy atom. The molecule has 0 unspecified atom stereocenters. The van der Waals surface area contributed by atoms with E-state index in [9.17, 15) is 18.0 Å². The number of rotatable bonds is 6. The maximum Gasteiger partial charge on any atom is 0.270 e. The third kappa shape index (κ3) is 4.80. The Morgan fingerprint density at radius 1 is 0.935 bits per heavy atom. The van der Waals surface area contributed by atoms with Crippen molar-refractivity contribution in [2.45, 2.75) is 25.7 Å². The van der Waals surface area contributed by atoms with Crippen molar-refractivity contribution in [2.75, 3.05) is 26.3 Å². The van der Waals surface area contributed by atoms with E-state index in [2.05, 4.69) is 10.9 Å². The molecular formula is C21H25N3O6S. The van der Waals surface area contributed by atoms with Gasteiger partial charge in [0.1, 0.15) is 13.2 Å². The third-order valence-electron chi connectivity index (χ3n) is 4.89. The number of amides is 2. The van der Waals surface area contributed by atoms with Crippen LogP contribution in [0.3, 0.4) is 0 Å². The molecule has 0 aliphatic carbocycles. The van der Waals surface area contributed by atoms with Gasteiger partial charge in [-0.05, 0) is 42.8 Å². The molecule has 2 aromatic carbocycles. The quantitative estimate of drug-likeness (QED) is 0.654. The molecule has 0 atom stereocenters. The van der Waals surface area contributed by atoms with Crippen molar-refractivity contribution in [1.29, 1.82) is 0 Å². The topological polar surface area (TPSA) is 114 Å². The number of carbonyl (C=O) groups is 2. The second kappa shape index (κ2) is 9.36. The lowest BCUT2D eigenvalue weighted by molar-refractivity contribution is 0.0845. The number of hydrazine groups is 1. The number of hydrogen-bond donors (Lipinski definition) is 2. The molecule has 2 amide bonds. The number of nitrogens with zero attached hydrogens (tertiary/aromatic N) is 1. The Morgan fingerprint density at radius 3 is 2.26 bits per heavy atom. The monoisotopic (exact) mass is 447 g/mol. The van der Waals surface area contributed by atoms with Crippen molar-refractivity contribution < 1.29 is 27.5 Å². The number of hydrogen-bond acceptors (Lipinski definition) is 6. The minimum atomic E-state index is -3.72. The number of fused-ring (bicyclic) bond motifs is 1. The van der Waals surface area contributed by atoms with Gasteiger partial charge in [0.25, 0.3) is 11.8 Å². The van der Waals surface area contributed by atoms with Crippen molar-refractivity contribution in [3.63, 3.8) is 0 Å². The normalized spacial score (nSPS) is 13.0. The zero-order valence-corrected chi connectivity index (χ0v) is 18.4. The molecule has 31 heavy (non-hydrogen) atoms. The molecule has 166 valence electrons. The van der Waals surface area contributed by atoms with Crippen LogP contribution in [-0.2, 0) is 10.0 Å². The zero-order valence-electron chi connectivity index (χ0n) is 17.6. The predicted molar refractivity (Wildman–Crippen MR) is 114 cm³/mol. The fraction of sp³-hybridized carbons (Fsp3) is 0.333. The first-order valence-corrected chi connectivity index (χ1v) is 11.3. The fourth-order valence-electron chi connectivity index (χ4n) is 3.16. The molecule has 1 aliphatic rings. The molecule has 0 radical (unpaired) electrons. The van der Waals surface area contributed by atoms with Crippen LogP contribution >= 0.6 is 0 Å². The van der Waals surface area contributed by atoms with Gasteiger partial charge < -0.3 is 9.47 Å². The van der Waals surface area contributed by atoms with Crippen LogP contribution in [0.2, 0.25) is 0 Å². The van der Waals surface area contributed by atoms with Crippen LogP contribution in [0.25, 0.3) is 0 Å². The van der Waals surface area contributed by atoms with Gasteiger partial charge in [-0.3, -0.25) is 20.4 Å². The second-order valence-corrected chi connectivity index (χ2v) is 8.77. The average molecular weight is 448 g/mol. The molecule has 0 aromatic heterocycles. The van der Waals surface area contributed by atoms with Crippen LogP contribution in [-0.4, -0.2) is 50.8 Å². The van der Waals surface area contributed by atoms with E-state index >= 15 is 0 Å². The number of carbonyl (C=O) groups excluding carboxylic acids is 2. The fourth-order valence-corrected chi connectivity index (χ4v) is 4.64. The van der Waals surface area contributed by atoms with Gasteiger partial charge in [-0.2, -0.15) is 4.31 Å². The summed E-state index contributed by atoms with van der Waals surface area (Å²) in [4.78, 5) is 25.1. The van der Waals surface area contributed by atoms with Gasteiger partial charge in [0.2, 0.25) is 10.0 Å². The molecule has 10 heteroatoms. The largest absolute Gasteiger partial charge is 0.486 e. The molecule has 0 fully saturated rings. The lowest BCUT2D eigenvalue weighted by Gasteiger charge is -2.19. The van der Waals surface area contributed by atoms with Crippen molar-refractivity contribution in [1.82, 2.24) is 15.2 Å². The highest BCUT2D eigenvalue weighted by molar-refractivity contribution is 7.89. The summed E-state index contributed by atoms with van der Waals surface area (Å²) in [6.45, 7) is 6.65. The maximum absolute atomic E-state index is 12.8. The van der Waals surface area contributed by atoms with E-state index in [1.807, 2.05) is 0 Å². The molecule has 9 nitrogen and oxygen atoms in total. The maximum atomic E-state index is 12.8. The summed E-state index contributed by atoms with van der Waals surface area (Å²) in [5.41, 5.74) is 5.67.